The predicted octanol–water partition coefficient (Wildman–Crippen LogP) is 7.39. The average molecular weight is 445 g/mol. The van der Waals surface area contributed by atoms with Gasteiger partial charge in [-0.2, -0.15) is 5.10 Å². The molecule has 6 rings (SSSR count). The lowest BCUT2D eigenvalue weighted by Gasteiger charge is -2.38. The first-order valence-corrected chi connectivity index (χ1v) is 11.0. The van der Waals surface area contributed by atoms with Gasteiger partial charge in [0.25, 0.3) is 0 Å². The number of para-hydroxylation sites is 1. The number of rotatable bonds is 2. The summed E-state index contributed by atoms with van der Waals surface area (Å²) >= 11 is 12.7. The molecule has 0 radical (unpaired) electrons. The summed E-state index contributed by atoms with van der Waals surface area (Å²) in [6.45, 7) is 0. The molecule has 0 aromatic heterocycles. The summed E-state index contributed by atoms with van der Waals surface area (Å²) in [5.41, 5.74) is 4.21. The first-order valence-electron chi connectivity index (χ1n) is 10.2. The first-order chi connectivity index (χ1) is 15.2. The lowest BCUT2D eigenvalue weighted by atomic mass is 9.93. The van der Waals surface area contributed by atoms with E-state index in [-0.39, 0.29) is 6.04 Å². The molecular weight excluding hydrogens is 427 g/mol. The Balaban J connectivity index is 1.50. The van der Waals surface area contributed by atoms with Crippen molar-refractivity contribution in [1.82, 2.24) is 5.01 Å². The Hall–Kier alpha value is -3.01. The van der Waals surface area contributed by atoms with Gasteiger partial charge in [0.2, 0.25) is 6.23 Å². The van der Waals surface area contributed by atoms with Crippen molar-refractivity contribution in [2.45, 2.75) is 18.7 Å². The fourth-order valence-electron chi connectivity index (χ4n) is 4.58. The number of hydrazone groups is 1. The SMILES string of the molecule is Clc1ccc([C@H]2Oc3ccccc3[C@@H]3CC(c4cccc5ccccc45)=NN23)c(Cl)c1. The smallest absolute Gasteiger partial charge is 0.215 e. The summed E-state index contributed by atoms with van der Waals surface area (Å²) in [7, 11) is 0. The quantitative estimate of drug-likeness (QED) is 0.321. The van der Waals surface area contributed by atoms with E-state index in [4.69, 9.17) is 33.0 Å². The summed E-state index contributed by atoms with van der Waals surface area (Å²) in [6.07, 6.45) is 0.382. The van der Waals surface area contributed by atoms with Crippen LogP contribution in [0.5, 0.6) is 5.75 Å². The van der Waals surface area contributed by atoms with E-state index in [0.29, 0.717) is 10.0 Å². The third-order valence-electron chi connectivity index (χ3n) is 6.03. The molecule has 0 bridgehead atoms. The van der Waals surface area contributed by atoms with Gasteiger partial charge in [0.1, 0.15) is 5.75 Å². The zero-order valence-corrected chi connectivity index (χ0v) is 18.0. The van der Waals surface area contributed by atoms with Gasteiger partial charge in [0, 0.05) is 28.1 Å². The largest absolute Gasteiger partial charge is 0.464 e. The highest BCUT2D eigenvalue weighted by Gasteiger charge is 2.41. The van der Waals surface area contributed by atoms with Crippen molar-refractivity contribution in [3.8, 4) is 5.75 Å². The fraction of sp³-hybridized carbons (Fsp3) is 0.115. The highest BCUT2D eigenvalue weighted by atomic mass is 35.5. The fourth-order valence-corrected chi connectivity index (χ4v) is 5.08. The molecule has 31 heavy (non-hydrogen) atoms. The van der Waals surface area contributed by atoms with E-state index in [2.05, 4.69) is 53.5 Å². The van der Waals surface area contributed by atoms with Crippen molar-refractivity contribution >= 4 is 39.7 Å². The molecule has 0 N–H and O–H groups in total. The summed E-state index contributed by atoms with van der Waals surface area (Å²) in [5.74, 6) is 0.870. The molecule has 0 fully saturated rings. The van der Waals surface area contributed by atoms with E-state index in [9.17, 15) is 0 Å². The van der Waals surface area contributed by atoms with E-state index >= 15 is 0 Å². The van der Waals surface area contributed by atoms with Gasteiger partial charge in [0.05, 0.1) is 16.8 Å². The van der Waals surface area contributed by atoms with Crippen LogP contribution in [0.4, 0.5) is 0 Å². The molecule has 2 aliphatic rings. The summed E-state index contributed by atoms with van der Waals surface area (Å²) in [5, 5.41) is 10.7. The minimum atomic E-state index is -0.419. The molecule has 0 aliphatic carbocycles. The number of benzene rings is 4. The molecule has 2 heterocycles. The van der Waals surface area contributed by atoms with Crippen LogP contribution in [0, 0.1) is 0 Å². The van der Waals surface area contributed by atoms with Crippen molar-refractivity contribution in [3.63, 3.8) is 0 Å². The Morgan fingerprint density at radius 2 is 1.65 bits per heavy atom. The Labute approximate surface area is 190 Å². The Morgan fingerprint density at radius 1 is 0.839 bits per heavy atom. The molecule has 4 aromatic rings. The van der Waals surface area contributed by atoms with E-state index in [0.717, 1.165) is 34.6 Å². The Kier molecular flexibility index (Phi) is 4.41. The molecule has 3 nitrogen and oxygen atoms in total. The van der Waals surface area contributed by atoms with E-state index in [1.807, 2.05) is 30.3 Å². The van der Waals surface area contributed by atoms with Crippen LogP contribution in [0.15, 0.2) is 90.0 Å². The van der Waals surface area contributed by atoms with Crippen LogP contribution in [-0.2, 0) is 0 Å². The average Bonchev–Trinajstić information content (AvgIpc) is 3.24. The second-order valence-electron chi connectivity index (χ2n) is 7.85. The molecule has 2 aliphatic heterocycles. The maximum atomic E-state index is 6.57. The van der Waals surface area contributed by atoms with Gasteiger partial charge in [0.15, 0.2) is 0 Å². The summed E-state index contributed by atoms with van der Waals surface area (Å²) in [6, 6.07) is 28.6. The van der Waals surface area contributed by atoms with Crippen LogP contribution in [0.25, 0.3) is 10.8 Å². The van der Waals surface area contributed by atoms with Gasteiger partial charge in [-0.25, -0.2) is 5.01 Å². The standard InChI is InChI=1S/C26H18Cl2N2O/c27-17-12-13-20(22(28)14-17)26-30-24(21-9-3-4-11-25(21)31-26)15-23(29-30)19-10-5-7-16-6-1-2-8-18(16)19/h1-14,24,26H,15H2/t24-,26+/m0/s1. The lowest BCUT2D eigenvalue weighted by Crippen LogP contribution is -2.33. The second kappa shape index (κ2) is 7.30. The van der Waals surface area contributed by atoms with Crippen LogP contribution in [0.3, 0.4) is 0 Å². The van der Waals surface area contributed by atoms with Crippen LogP contribution < -0.4 is 4.74 Å². The van der Waals surface area contributed by atoms with Crippen molar-refractivity contribution in [2.24, 2.45) is 5.10 Å². The molecule has 0 unspecified atom stereocenters. The Bertz CT molecular complexity index is 1350. The zero-order chi connectivity index (χ0) is 20.9. The van der Waals surface area contributed by atoms with Gasteiger partial charge < -0.3 is 4.74 Å². The number of ether oxygens (including phenoxy) is 1. The molecule has 0 saturated carbocycles. The van der Waals surface area contributed by atoms with E-state index in [1.165, 1.54) is 10.8 Å². The van der Waals surface area contributed by atoms with Crippen molar-refractivity contribution in [2.75, 3.05) is 0 Å². The number of halogens is 2. The third kappa shape index (κ3) is 3.08. The maximum Gasteiger partial charge on any atom is 0.215 e. The molecule has 4 aromatic carbocycles. The third-order valence-corrected chi connectivity index (χ3v) is 6.59. The maximum absolute atomic E-state index is 6.57. The van der Waals surface area contributed by atoms with Crippen molar-refractivity contribution in [3.05, 3.63) is 112 Å². The van der Waals surface area contributed by atoms with Crippen molar-refractivity contribution in [1.29, 1.82) is 0 Å². The normalized spacial score (nSPS) is 19.5. The number of nitrogens with zero attached hydrogens (tertiary/aromatic N) is 2. The minimum absolute atomic E-state index is 0.0793. The van der Waals surface area contributed by atoms with E-state index in [1.54, 1.807) is 6.07 Å². The van der Waals surface area contributed by atoms with E-state index < -0.39 is 6.23 Å². The molecule has 0 saturated heterocycles. The molecular formula is C26H18Cl2N2O. The highest BCUT2D eigenvalue weighted by molar-refractivity contribution is 6.35. The van der Waals surface area contributed by atoms with Gasteiger partial charge >= 0.3 is 0 Å². The molecule has 5 heteroatoms. The van der Waals surface area contributed by atoms with Crippen LogP contribution >= 0.6 is 23.2 Å². The van der Waals surface area contributed by atoms with Gasteiger partial charge in [-0.15, -0.1) is 0 Å². The van der Waals surface area contributed by atoms with Crippen LogP contribution in [0.1, 0.15) is 35.4 Å². The second-order valence-corrected chi connectivity index (χ2v) is 8.69. The molecule has 152 valence electrons. The summed E-state index contributed by atoms with van der Waals surface area (Å²) in [4.78, 5) is 0. The molecule has 0 amide bonds. The number of hydrogen-bond acceptors (Lipinski definition) is 3. The monoisotopic (exact) mass is 444 g/mol. The van der Waals surface area contributed by atoms with Gasteiger partial charge in [-0.3, -0.25) is 0 Å². The lowest BCUT2D eigenvalue weighted by molar-refractivity contribution is -0.0189. The summed E-state index contributed by atoms with van der Waals surface area (Å²) < 4.78 is 6.42. The number of hydrogen-bond donors (Lipinski definition) is 0. The van der Waals surface area contributed by atoms with Crippen LogP contribution in [0.2, 0.25) is 10.0 Å². The number of fused-ring (bicyclic) bond motifs is 4. The van der Waals surface area contributed by atoms with Gasteiger partial charge in [-0.1, -0.05) is 89.9 Å². The first kappa shape index (κ1) is 18.7. The molecule has 2 atom stereocenters. The molecule has 0 spiro atoms. The highest BCUT2D eigenvalue weighted by Crippen LogP contribution is 2.48. The topological polar surface area (TPSA) is 24.8 Å². The van der Waals surface area contributed by atoms with Crippen LogP contribution in [-0.4, -0.2) is 10.7 Å². The van der Waals surface area contributed by atoms with Gasteiger partial charge in [-0.05, 0) is 29.0 Å². The van der Waals surface area contributed by atoms with Crippen molar-refractivity contribution < 1.29 is 4.74 Å². The zero-order valence-electron chi connectivity index (χ0n) is 16.5. The predicted molar refractivity (Wildman–Crippen MR) is 126 cm³/mol. The minimum Gasteiger partial charge on any atom is -0.464 e. The Morgan fingerprint density at radius 3 is 2.55 bits per heavy atom.